The van der Waals surface area contributed by atoms with Crippen LogP contribution in [0, 0.1) is 16.5 Å². The number of halogens is 4. The zero-order chi connectivity index (χ0) is 22.0. The molecule has 0 fully saturated rings. The highest BCUT2D eigenvalue weighted by atomic mass is 127. The normalized spacial score (nSPS) is 14.5. The Morgan fingerprint density at radius 1 is 1.00 bits per heavy atom. The Morgan fingerprint density at radius 3 is 2.45 bits per heavy atom. The number of benzene rings is 3. The van der Waals surface area contributed by atoms with Crippen LogP contribution in [-0.4, -0.2) is 11.9 Å². The number of cyclic esters (lactones) is 1. The molecule has 1 aliphatic rings. The Bertz CT molecular complexity index is 1220. The first-order chi connectivity index (χ1) is 14.9. The number of rotatable bonds is 5. The molecule has 4 rings (SSSR count). The van der Waals surface area contributed by atoms with Gasteiger partial charge in [-0.25, -0.2) is 14.2 Å². The minimum Gasteiger partial charge on any atom is -0.487 e. The van der Waals surface area contributed by atoms with Crippen LogP contribution in [0.4, 0.5) is 4.39 Å². The SMILES string of the molecule is O=C1OC(c2cccc(F)c2)=N/C1=C\c1cc(I)c(OCc2cccc(I)c2)c(I)c1. The van der Waals surface area contributed by atoms with E-state index in [4.69, 9.17) is 9.47 Å². The Morgan fingerprint density at radius 2 is 1.74 bits per heavy atom. The zero-order valence-electron chi connectivity index (χ0n) is 15.7. The number of carbonyl (C=O) groups excluding carboxylic acids is 1. The van der Waals surface area contributed by atoms with Crippen LogP contribution in [0.15, 0.2) is 71.4 Å². The fraction of sp³-hybridized carbons (Fsp3) is 0.0435. The first kappa shape index (κ1) is 22.6. The molecule has 8 heteroatoms. The maximum Gasteiger partial charge on any atom is 0.363 e. The first-order valence-electron chi connectivity index (χ1n) is 9.04. The number of esters is 1. The van der Waals surface area contributed by atoms with Crippen molar-refractivity contribution in [3.63, 3.8) is 0 Å². The molecule has 0 aliphatic carbocycles. The molecule has 0 amide bonds. The van der Waals surface area contributed by atoms with Crippen LogP contribution in [0.2, 0.25) is 0 Å². The van der Waals surface area contributed by atoms with Crippen molar-refractivity contribution in [3.05, 3.63) is 99.6 Å². The number of hydrogen-bond acceptors (Lipinski definition) is 4. The minimum absolute atomic E-state index is 0.0950. The van der Waals surface area contributed by atoms with E-state index in [1.165, 1.54) is 12.1 Å². The summed E-state index contributed by atoms with van der Waals surface area (Å²) in [5.74, 6) is -0.0976. The molecule has 1 aliphatic heterocycles. The monoisotopic (exact) mass is 751 g/mol. The van der Waals surface area contributed by atoms with Crippen LogP contribution >= 0.6 is 67.8 Å². The van der Waals surface area contributed by atoms with Crippen LogP contribution in [-0.2, 0) is 16.1 Å². The molecule has 0 bridgehead atoms. The standard InChI is InChI=1S/C23H13FI3NO3/c24-16-5-2-4-15(11-16)22-28-20(23(29)31-22)10-14-8-18(26)21(19(27)9-14)30-12-13-3-1-6-17(25)7-13/h1-11H,12H2/b20-10-. The number of ether oxygens (including phenoxy) is 2. The summed E-state index contributed by atoms with van der Waals surface area (Å²) in [4.78, 5) is 16.5. The molecular formula is C23H13FI3NO3. The lowest BCUT2D eigenvalue weighted by Crippen LogP contribution is -2.05. The fourth-order valence-corrected chi connectivity index (χ4v) is 5.63. The van der Waals surface area contributed by atoms with Gasteiger partial charge in [0.1, 0.15) is 18.2 Å². The van der Waals surface area contributed by atoms with Gasteiger partial charge in [0.2, 0.25) is 5.90 Å². The number of hydrogen-bond donors (Lipinski definition) is 0. The quantitative estimate of drug-likeness (QED) is 0.169. The van der Waals surface area contributed by atoms with Crippen molar-refractivity contribution in [2.75, 3.05) is 0 Å². The van der Waals surface area contributed by atoms with Crippen LogP contribution in [0.3, 0.4) is 0 Å². The van der Waals surface area contributed by atoms with Crippen molar-refractivity contribution in [3.8, 4) is 5.75 Å². The van der Waals surface area contributed by atoms with E-state index in [1.54, 1.807) is 18.2 Å². The van der Waals surface area contributed by atoms with Gasteiger partial charge in [-0.05, 0) is 127 Å². The third-order valence-electron chi connectivity index (χ3n) is 4.29. The lowest BCUT2D eigenvalue weighted by Gasteiger charge is -2.12. The van der Waals surface area contributed by atoms with Gasteiger partial charge in [-0.1, -0.05) is 18.2 Å². The van der Waals surface area contributed by atoms with E-state index >= 15 is 0 Å². The highest BCUT2D eigenvalue weighted by Crippen LogP contribution is 2.31. The summed E-state index contributed by atoms with van der Waals surface area (Å²) in [6.07, 6.45) is 1.66. The molecule has 0 unspecified atom stereocenters. The Kier molecular flexibility index (Phi) is 7.26. The lowest BCUT2D eigenvalue weighted by atomic mass is 10.2. The van der Waals surface area contributed by atoms with Crippen molar-refractivity contribution in [1.29, 1.82) is 0 Å². The predicted molar refractivity (Wildman–Crippen MR) is 142 cm³/mol. The largest absolute Gasteiger partial charge is 0.487 e. The molecule has 0 aromatic heterocycles. The second-order valence-corrected chi connectivity index (χ2v) is 10.1. The van der Waals surface area contributed by atoms with Gasteiger partial charge in [-0.3, -0.25) is 0 Å². The minimum atomic E-state index is -0.566. The molecular weight excluding hydrogens is 738 g/mol. The summed E-state index contributed by atoms with van der Waals surface area (Å²) in [5.41, 5.74) is 2.47. The van der Waals surface area contributed by atoms with Gasteiger partial charge in [-0.2, -0.15) is 0 Å². The molecule has 0 N–H and O–H groups in total. The van der Waals surface area contributed by atoms with Gasteiger partial charge in [0, 0.05) is 9.13 Å². The van der Waals surface area contributed by atoms with E-state index in [0.717, 1.165) is 27.6 Å². The van der Waals surface area contributed by atoms with Crippen molar-refractivity contribution < 1.29 is 18.7 Å². The first-order valence-corrected chi connectivity index (χ1v) is 12.3. The molecule has 0 spiro atoms. The summed E-state index contributed by atoms with van der Waals surface area (Å²) in [7, 11) is 0. The van der Waals surface area contributed by atoms with Crippen LogP contribution in [0.5, 0.6) is 5.75 Å². The van der Waals surface area contributed by atoms with E-state index in [9.17, 15) is 9.18 Å². The summed E-state index contributed by atoms with van der Waals surface area (Å²) in [5, 5.41) is 0. The molecule has 31 heavy (non-hydrogen) atoms. The van der Waals surface area contributed by atoms with Gasteiger partial charge in [0.05, 0.1) is 7.14 Å². The molecule has 0 saturated heterocycles. The fourth-order valence-electron chi connectivity index (χ4n) is 2.89. The summed E-state index contributed by atoms with van der Waals surface area (Å²) < 4.78 is 27.7. The number of nitrogens with zero attached hydrogens (tertiary/aromatic N) is 1. The molecule has 156 valence electrons. The maximum absolute atomic E-state index is 13.5. The molecule has 4 nitrogen and oxygen atoms in total. The summed E-state index contributed by atoms with van der Waals surface area (Å²) in [6.45, 7) is 0.469. The molecule has 3 aromatic carbocycles. The van der Waals surface area contributed by atoms with Crippen LogP contribution in [0.25, 0.3) is 6.08 Å². The summed E-state index contributed by atoms with van der Waals surface area (Å²) in [6, 6.07) is 17.8. The van der Waals surface area contributed by atoms with E-state index in [2.05, 4.69) is 78.8 Å². The number of carbonyl (C=O) groups is 1. The number of aliphatic imine (C=N–C) groups is 1. The average Bonchev–Trinajstić information content (AvgIpc) is 3.08. The van der Waals surface area contributed by atoms with E-state index in [-0.39, 0.29) is 11.6 Å². The predicted octanol–water partition coefficient (Wildman–Crippen LogP) is 6.56. The van der Waals surface area contributed by atoms with E-state index < -0.39 is 11.8 Å². The highest BCUT2D eigenvalue weighted by Gasteiger charge is 2.24. The van der Waals surface area contributed by atoms with Gasteiger partial charge in [-0.15, -0.1) is 0 Å². The van der Waals surface area contributed by atoms with Crippen molar-refractivity contribution in [2.24, 2.45) is 4.99 Å². The smallest absolute Gasteiger partial charge is 0.363 e. The topological polar surface area (TPSA) is 47.9 Å². The Labute approximate surface area is 219 Å². The Hall–Kier alpha value is -1.54. The summed E-state index contributed by atoms with van der Waals surface area (Å²) >= 11 is 6.71. The van der Waals surface area contributed by atoms with Gasteiger partial charge in [0.25, 0.3) is 0 Å². The molecule has 1 heterocycles. The molecule has 0 saturated carbocycles. The second-order valence-electron chi connectivity index (χ2n) is 6.58. The molecule has 0 atom stereocenters. The van der Waals surface area contributed by atoms with Gasteiger partial charge in [0.15, 0.2) is 5.70 Å². The van der Waals surface area contributed by atoms with Gasteiger partial charge >= 0.3 is 5.97 Å². The zero-order valence-corrected chi connectivity index (χ0v) is 22.2. The molecule has 0 radical (unpaired) electrons. The van der Waals surface area contributed by atoms with Crippen LogP contribution in [0.1, 0.15) is 16.7 Å². The highest BCUT2D eigenvalue weighted by molar-refractivity contribution is 14.1. The lowest BCUT2D eigenvalue weighted by molar-refractivity contribution is -0.129. The van der Waals surface area contributed by atoms with E-state index in [0.29, 0.717) is 12.2 Å². The second kappa shape index (κ2) is 9.94. The van der Waals surface area contributed by atoms with Crippen LogP contribution < -0.4 is 4.74 Å². The maximum atomic E-state index is 13.5. The van der Waals surface area contributed by atoms with Crippen molar-refractivity contribution in [2.45, 2.75) is 6.61 Å². The van der Waals surface area contributed by atoms with Crippen molar-refractivity contribution >= 4 is 85.7 Å². The molecule has 3 aromatic rings. The third-order valence-corrected chi connectivity index (χ3v) is 6.56. The van der Waals surface area contributed by atoms with Gasteiger partial charge < -0.3 is 9.47 Å². The Balaban J connectivity index is 1.56. The third kappa shape index (κ3) is 5.64. The average molecular weight is 751 g/mol. The van der Waals surface area contributed by atoms with E-state index in [1.807, 2.05) is 30.3 Å². The van der Waals surface area contributed by atoms with Crippen molar-refractivity contribution in [1.82, 2.24) is 0 Å².